The standard InChI is InChI=1S/C18H20N4O2S/c1-4-5-10-22-14-9-7-6-8-13(14)15(17(22)24)20-21-18-19-11(2)16(25-18)12(3)23/h6-9,24H,4-5,10H2,1-3H3. The predicted octanol–water partition coefficient (Wildman–Crippen LogP) is 5.53. The van der Waals surface area contributed by atoms with Crippen molar-refractivity contribution in [3.63, 3.8) is 0 Å². The van der Waals surface area contributed by atoms with Crippen LogP contribution in [0, 0.1) is 6.92 Å². The topological polar surface area (TPSA) is 79.8 Å². The summed E-state index contributed by atoms with van der Waals surface area (Å²) in [5, 5.41) is 20.2. The molecule has 0 atom stereocenters. The number of aryl methyl sites for hydroxylation is 2. The summed E-state index contributed by atoms with van der Waals surface area (Å²) in [6, 6.07) is 7.73. The van der Waals surface area contributed by atoms with Crippen LogP contribution in [0.5, 0.6) is 5.88 Å². The number of rotatable bonds is 6. The van der Waals surface area contributed by atoms with Gasteiger partial charge in [0.15, 0.2) is 11.5 Å². The molecule has 0 aliphatic carbocycles. The lowest BCUT2D eigenvalue weighted by Crippen LogP contribution is -1.96. The van der Waals surface area contributed by atoms with Crippen molar-refractivity contribution >= 4 is 38.8 Å². The first kappa shape index (κ1) is 17.3. The van der Waals surface area contributed by atoms with E-state index in [4.69, 9.17) is 0 Å². The Kier molecular flexibility index (Phi) is 4.94. The number of para-hydroxylation sites is 1. The van der Waals surface area contributed by atoms with E-state index in [1.807, 2.05) is 28.8 Å². The van der Waals surface area contributed by atoms with Gasteiger partial charge in [0.25, 0.3) is 0 Å². The molecule has 130 valence electrons. The second-order valence-corrected chi connectivity index (χ2v) is 6.84. The van der Waals surface area contributed by atoms with E-state index < -0.39 is 0 Å². The van der Waals surface area contributed by atoms with Gasteiger partial charge in [-0.15, -0.1) is 10.2 Å². The maximum absolute atomic E-state index is 11.5. The van der Waals surface area contributed by atoms with E-state index in [1.54, 1.807) is 6.92 Å². The smallest absolute Gasteiger partial charge is 0.230 e. The molecular weight excluding hydrogens is 336 g/mol. The molecule has 6 nitrogen and oxygen atoms in total. The van der Waals surface area contributed by atoms with Crippen molar-refractivity contribution in [1.82, 2.24) is 9.55 Å². The fourth-order valence-electron chi connectivity index (χ4n) is 2.76. The third-order valence-electron chi connectivity index (χ3n) is 3.99. The molecular formula is C18H20N4O2S. The van der Waals surface area contributed by atoms with E-state index in [0.717, 1.165) is 30.3 Å². The van der Waals surface area contributed by atoms with Crippen molar-refractivity contribution in [1.29, 1.82) is 0 Å². The first-order valence-electron chi connectivity index (χ1n) is 8.23. The summed E-state index contributed by atoms with van der Waals surface area (Å²) >= 11 is 1.21. The maximum atomic E-state index is 11.5. The van der Waals surface area contributed by atoms with Crippen molar-refractivity contribution in [3.8, 4) is 5.88 Å². The van der Waals surface area contributed by atoms with Gasteiger partial charge in [-0.3, -0.25) is 4.79 Å². The van der Waals surface area contributed by atoms with Gasteiger partial charge < -0.3 is 9.67 Å². The van der Waals surface area contributed by atoms with E-state index in [2.05, 4.69) is 22.1 Å². The highest BCUT2D eigenvalue weighted by molar-refractivity contribution is 7.17. The molecule has 0 unspecified atom stereocenters. The Hall–Kier alpha value is -2.54. The van der Waals surface area contributed by atoms with Gasteiger partial charge in [0.1, 0.15) is 0 Å². The van der Waals surface area contributed by atoms with Crippen molar-refractivity contribution in [3.05, 3.63) is 34.8 Å². The van der Waals surface area contributed by atoms with Crippen LogP contribution in [0.15, 0.2) is 34.5 Å². The number of nitrogens with zero attached hydrogens (tertiary/aromatic N) is 4. The summed E-state index contributed by atoms with van der Waals surface area (Å²) in [5.74, 6) is 0.0777. The number of ketones is 1. The number of carbonyl (C=O) groups excluding carboxylic acids is 1. The molecule has 0 radical (unpaired) electrons. The quantitative estimate of drug-likeness (QED) is 0.466. The van der Waals surface area contributed by atoms with Crippen LogP contribution in [0.4, 0.5) is 10.8 Å². The van der Waals surface area contributed by atoms with Gasteiger partial charge in [0.05, 0.1) is 16.1 Å². The van der Waals surface area contributed by atoms with Crippen molar-refractivity contribution in [2.45, 2.75) is 40.2 Å². The lowest BCUT2D eigenvalue weighted by Gasteiger charge is -2.04. The van der Waals surface area contributed by atoms with Crippen LogP contribution in [0.1, 0.15) is 42.1 Å². The predicted molar refractivity (Wildman–Crippen MR) is 99.5 cm³/mol. The fraction of sp³-hybridized carbons (Fsp3) is 0.333. The van der Waals surface area contributed by atoms with Crippen molar-refractivity contribution < 1.29 is 9.90 Å². The van der Waals surface area contributed by atoms with Crippen LogP contribution in [-0.2, 0) is 6.54 Å². The molecule has 0 bridgehead atoms. The number of aromatic hydroxyl groups is 1. The lowest BCUT2D eigenvalue weighted by atomic mass is 10.2. The van der Waals surface area contributed by atoms with E-state index in [9.17, 15) is 9.90 Å². The van der Waals surface area contributed by atoms with Gasteiger partial charge >= 0.3 is 0 Å². The van der Waals surface area contributed by atoms with Crippen LogP contribution >= 0.6 is 11.3 Å². The molecule has 0 spiro atoms. The second kappa shape index (κ2) is 7.14. The Morgan fingerprint density at radius 2 is 2.08 bits per heavy atom. The number of benzene rings is 1. The van der Waals surface area contributed by atoms with Gasteiger partial charge in [0.2, 0.25) is 11.0 Å². The lowest BCUT2D eigenvalue weighted by molar-refractivity contribution is 0.102. The minimum atomic E-state index is -0.0320. The van der Waals surface area contributed by atoms with E-state index in [1.165, 1.54) is 18.3 Å². The zero-order chi connectivity index (χ0) is 18.0. The van der Waals surface area contributed by atoms with Crippen LogP contribution < -0.4 is 0 Å². The monoisotopic (exact) mass is 356 g/mol. The number of fused-ring (bicyclic) bond motifs is 1. The number of hydrogen-bond donors (Lipinski definition) is 1. The highest BCUT2D eigenvalue weighted by Crippen LogP contribution is 2.40. The first-order valence-corrected chi connectivity index (χ1v) is 9.04. The number of azo groups is 1. The number of Topliss-reactive ketones (excluding diaryl/α,β-unsaturated/α-hetero) is 1. The Bertz CT molecular complexity index is 956. The second-order valence-electron chi connectivity index (χ2n) is 5.86. The number of unbranched alkanes of at least 4 members (excludes halogenated alkanes) is 1. The number of carbonyl (C=O) groups is 1. The molecule has 25 heavy (non-hydrogen) atoms. The van der Waals surface area contributed by atoms with Crippen molar-refractivity contribution in [2.75, 3.05) is 0 Å². The van der Waals surface area contributed by atoms with Gasteiger partial charge in [-0.05, 0) is 19.4 Å². The molecule has 0 amide bonds. The van der Waals surface area contributed by atoms with E-state index >= 15 is 0 Å². The molecule has 1 N–H and O–H groups in total. The molecule has 3 aromatic rings. The molecule has 2 heterocycles. The molecule has 0 aliphatic rings. The highest BCUT2D eigenvalue weighted by atomic mass is 32.1. The van der Waals surface area contributed by atoms with Crippen LogP contribution in [0.25, 0.3) is 10.9 Å². The van der Waals surface area contributed by atoms with Crippen molar-refractivity contribution in [2.24, 2.45) is 10.2 Å². The summed E-state index contributed by atoms with van der Waals surface area (Å²) in [5.41, 5.74) is 2.02. The van der Waals surface area contributed by atoms with Crippen LogP contribution in [-0.4, -0.2) is 20.4 Å². The largest absolute Gasteiger partial charge is 0.493 e. The third kappa shape index (κ3) is 3.32. The van der Waals surface area contributed by atoms with Crippen LogP contribution in [0.3, 0.4) is 0 Å². The van der Waals surface area contributed by atoms with E-state index in [-0.39, 0.29) is 11.7 Å². The average molecular weight is 356 g/mol. The van der Waals surface area contributed by atoms with Gasteiger partial charge in [-0.25, -0.2) is 4.98 Å². The molecule has 0 saturated heterocycles. The summed E-state index contributed by atoms with van der Waals surface area (Å²) in [7, 11) is 0. The zero-order valence-corrected chi connectivity index (χ0v) is 15.3. The minimum Gasteiger partial charge on any atom is -0.493 e. The molecule has 0 aliphatic heterocycles. The van der Waals surface area contributed by atoms with Gasteiger partial charge in [-0.2, -0.15) is 0 Å². The molecule has 7 heteroatoms. The number of hydrogen-bond acceptors (Lipinski definition) is 6. The van der Waals surface area contributed by atoms with Crippen LogP contribution in [0.2, 0.25) is 0 Å². The Morgan fingerprint density at radius 3 is 2.76 bits per heavy atom. The number of thiazole rings is 1. The number of aromatic nitrogens is 2. The highest BCUT2D eigenvalue weighted by Gasteiger charge is 2.16. The average Bonchev–Trinajstić information content (AvgIpc) is 3.09. The molecule has 2 aromatic heterocycles. The first-order chi connectivity index (χ1) is 12.0. The summed E-state index contributed by atoms with van der Waals surface area (Å²) in [6.45, 7) is 6.12. The maximum Gasteiger partial charge on any atom is 0.230 e. The molecule has 0 saturated carbocycles. The normalized spacial score (nSPS) is 11.6. The van der Waals surface area contributed by atoms with Gasteiger partial charge in [-0.1, -0.05) is 42.9 Å². The Labute approximate surface area is 149 Å². The molecule has 0 fully saturated rings. The minimum absolute atomic E-state index is 0.0320. The summed E-state index contributed by atoms with van der Waals surface area (Å²) in [6.07, 6.45) is 2.01. The Morgan fingerprint density at radius 1 is 1.32 bits per heavy atom. The molecule has 3 rings (SSSR count). The third-order valence-corrected chi connectivity index (χ3v) is 5.14. The van der Waals surface area contributed by atoms with Gasteiger partial charge in [0, 0.05) is 18.9 Å². The molecule has 1 aromatic carbocycles. The SMILES string of the molecule is CCCCn1c(O)c(N=Nc2nc(C)c(C(C)=O)s2)c2ccccc21. The Balaban J connectivity index is 2.02. The zero-order valence-electron chi connectivity index (χ0n) is 14.5. The fourth-order valence-corrected chi connectivity index (χ4v) is 3.54. The van der Waals surface area contributed by atoms with E-state index in [0.29, 0.717) is 21.4 Å². The summed E-state index contributed by atoms with van der Waals surface area (Å²) in [4.78, 5) is 16.4. The summed E-state index contributed by atoms with van der Waals surface area (Å²) < 4.78 is 1.86.